The second kappa shape index (κ2) is 5.58. The molecular formula is C17H18BrNO. The standard InChI is InChI=1S/C17H18BrNO/c18-14-7-8-16(19)15(10-14)17(20)13-6-2-5-12(9-13)11-3-1-4-11/h2,5-11,17,20H,1,3-4,19H2. The van der Waals surface area contributed by atoms with Gasteiger partial charge in [0.15, 0.2) is 0 Å². The summed E-state index contributed by atoms with van der Waals surface area (Å²) in [6.45, 7) is 0. The normalized spacial score (nSPS) is 16.7. The Balaban J connectivity index is 1.93. The summed E-state index contributed by atoms with van der Waals surface area (Å²) in [7, 11) is 0. The van der Waals surface area contributed by atoms with Crippen molar-refractivity contribution in [3.8, 4) is 0 Å². The van der Waals surface area contributed by atoms with Crippen LogP contribution in [0.25, 0.3) is 0 Å². The van der Waals surface area contributed by atoms with Gasteiger partial charge in [-0.2, -0.15) is 0 Å². The van der Waals surface area contributed by atoms with Gasteiger partial charge in [-0.05, 0) is 48.1 Å². The van der Waals surface area contributed by atoms with Gasteiger partial charge in [0.2, 0.25) is 0 Å². The number of hydrogen-bond donors (Lipinski definition) is 2. The van der Waals surface area contributed by atoms with Crippen molar-refractivity contribution < 1.29 is 5.11 Å². The van der Waals surface area contributed by atoms with E-state index in [4.69, 9.17) is 5.73 Å². The Bertz CT molecular complexity index is 622. The molecule has 0 saturated heterocycles. The number of nitrogens with two attached hydrogens (primary N) is 1. The zero-order valence-corrected chi connectivity index (χ0v) is 12.8. The van der Waals surface area contributed by atoms with Crippen molar-refractivity contribution in [2.24, 2.45) is 0 Å². The Morgan fingerprint density at radius 2 is 1.95 bits per heavy atom. The number of aliphatic hydroxyl groups is 1. The van der Waals surface area contributed by atoms with Crippen LogP contribution in [0.2, 0.25) is 0 Å². The van der Waals surface area contributed by atoms with Crippen LogP contribution < -0.4 is 5.73 Å². The molecule has 104 valence electrons. The van der Waals surface area contributed by atoms with Crippen molar-refractivity contribution in [1.29, 1.82) is 0 Å². The maximum Gasteiger partial charge on any atom is 0.106 e. The Morgan fingerprint density at radius 1 is 1.15 bits per heavy atom. The van der Waals surface area contributed by atoms with Crippen LogP contribution in [0.5, 0.6) is 0 Å². The average molecular weight is 332 g/mol. The summed E-state index contributed by atoms with van der Waals surface area (Å²) in [4.78, 5) is 0. The molecule has 1 unspecified atom stereocenters. The molecule has 1 aliphatic carbocycles. The van der Waals surface area contributed by atoms with E-state index < -0.39 is 6.10 Å². The fourth-order valence-electron chi connectivity index (χ4n) is 2.69. The average Bonchev–Trinajstić information content (AvgIpc) is 2.39. The van der Waals surface area contributed by atoms with Crippen molar-refractivity contribution in [3.63, 3.8) is 0 Å². The van der Waals surface area contributed by atoms with Gasteiger partial charge >= 0.3 is 0 Å². The molecule has 0 aliphatic heterocycles. The third-order valence-electron chi connectivity index (χ3n) is 4.15. The van der Waals surface area contributed by atoms with Gasteiger partial charge in [-0.25, -0.2) is 0 Å². The highest BCUT2D eigenvalue weighted by Crippen LogP contribution is 2.38. The lowest BCUT2D eigenvalue weighted by Gasteiger charge is -2.26. The van der Waals surface area contributed by atoms with Gasteiger partial charge in [-0.3, -0.25) is 0 Å². The lowest BCUT2D eigenvalue weighted by molar-refractivity contribution is 0.220. The fourth-order valence-corrected chi connectivity index (χ4v) is 3.07. The summed E-state index contributed by atoms with van der Waals surface area (Å²) < 4.78 is 0.927. The van der Waals surface area contributed by atoms with E-state index in [0.717, 1.165) is 15.6 Å². The Hall–Kier alpha value is -1.32. The molecule has 2 aromatic carbocycles. The van der Waals surface area contributed by atoms with Gasteiger partial charge in [0.25, 0.3) is 0 Å². The first-order valence-corrected chi connectivity index (χ1v) is 7.77. The second-order valence-electron chi connectivity index (χ2n) is 5.47. The van der Waals surface area contributed by atoms with Crippen molar-refractivity contribution in [3.05, 3.63) is 63.6 Å². The van der Waals surface area contributed by atoms with Crippen LogP contribution in [-0.4, -0.2) is 5.11 Å². The van der Waals surface area contributed by atoms with Crippen LogP contribution in [0.1, 0.15) is 48.0 Å². The molecule has 1 saturated carbocycles. The van der Waals surface area contributed by atoms with Crippen molar-refractivity contribution in [2.75, 3.05) is 5.73 Å². The van der Waals surface area contributed by atoms with Gasteiger partial charge in [0.1, 0.15) is 6.10 Å². The molecule has 2 aromatic rings. The first-order chi connectivity index (χ1) is 9.65. The van der Waals surface area contributed by atoms with Crippen LogP contribution in [0.15, 0.2) is 46.9 Å². The number of rotatable bonds is 3. The maximum atomic E-state index is 10.6. The molecule has 3 heteroatoms. The third kappa shape index (κ3) is 2.60. The molecule has 0 amide bonds. The van der Waals surface area contributed by atoms with Crippen LogP contribution in [0.4, 0.5) is 5.69 Å². The summed E-state index contributed by atoms with van der Waals surface area (Å²) >= 11 is 3.43. The van der Waals surface area contributed by atoms with Crippen molar-refractivity contribution in [2.45, 2.75) is 31.3 Å². The van der Waals surface area contributed by atoms with Gasteiger partial charge < -0.3 is 10.8 Å². The van der Waals surface area contributed by atoms with Gasteiger partial charge in [0.05, 0.1) is 0 Å². The highest BCUT2D eigenvalue weighted by atomic mass is 79.9. The molecule has 20 heavy (non-hydrogen) atoms. The quantitative estimate of drug-likeness (QED) is 0.820. The molecule has 1 aliphatic rings. The second-order valence-corrected chi connectivity index (χ2v) is 6.39. The summed E-state index contributed by atoms with van der Waals surface area (Å²) in [5.74, 6) is 0.669. The van der Waals surface area contributed by atoms with Crippen molar-refractivity contribution in [1.82, 2.24) is 0 Å². The lowest BCUT2D eigenvalue weighted by atomic mass is 9.79. The first-order valence-electron chi connectivity index (χ1n) is 6.98. The SMILES string of the molecule is Nc1ccc(Br)cc1C(O)c1cccc(C2CCC2)c1. The molecule has 0 aromatic heterocycles. The molecule has 3 N–H and O–H groups in total. The van der Waals surface area contributed by atoms with Crippen LogP contribution in [0, 0.1) is 0 Å². The number of anilines is 1. The molecule has 0 bridgehead atoms. The topological polar surface area (TPSA) is 46.2 Å². The molecule has 3 rings (SSSR count). The smallest absolute Gasteiger partial charge is 0.106 e. The molecule has 1 fully saturated rings. The predicted molar refractivity (Wildman–Crippen MR) is 85.7 cm³/mol. The third-order valence-corrected chi connectivity index (χ3v) is 4.64. The summed E-state index contributed by atoms with van der Waals surface area (Å²) in [6.07, 6.45) is 3.17. The minimum atomic E-state index is -0.674. The zero-order valence-electron chi connectivity index (χ0n) is 11.2. The monoisotopic (exact) mass is 331 g/mol. The van der Waals surface area contributed by atoms with E-state index in [1.807, 2.05) is 30.3 Å². The summed E-state index contributed by atoms with van der Waals surface area (Å²) in [6, 6.07) is 13.9. The van der Waals surface area contributed by atoms with E-state index in [0.29, 0.717) is 11.6 Å². The molecule has 0 heterocycles. The highest BCUT2D eigenvalue weighted by molar-refractivity contribution is 9.10. The minimum Gasteiger partial charge on any atom is -0.398 e. The fraction of sp³-hybridized carbons (Fsp3) is 0.294. The van der Waals surface area contributed by atoms with E-state index in [1.54, 1.807) is 0 Å². The summed E-state index contributed by atoms with van der Waals surface area (Å²) in [5, 5.41) is 10.6. The summed E-state index contributed by atoms with van der Waals surface area (Å²) in [5.41, 5.74) is 9.61. The van der Waals surface area contributed by atoms with E-state index in [9.17, 15) is 5.11 Å². The van der Waals surface area contributed by atoms with Gasteiger partial charge in [-0.15, -0.1) is 0 Å². The minimum absolute atomic E-state index is 0.620. The highest BCUT2D eigenvalue weighted by Gasteiger charge is 2.21. The Morgan fingerprint density at radius 3 is 2.65 bits per heavy atom. The maximum absolute atomic E-state index is 10.6. The van der Waals surface area contributed by atoms with Gasteiger partial charge in [-0.1, -0.05) is 46.6 Å². The molecule has 1 atom stereocenters. The number of nitrogen functional groups attached to an aromatic ring is 1. The lowest BCUT2D eigenvalue weighted by Crippen LogP contribution is -2.10. The Kier molecular flexibility index (Phi) is 3.81. The predicted octanol–water partition coefficient (Wildman–Crippen LogP) is 4.38. The number of aliphatic hydroxyl groups excluding tert-OH is 1. The van der Waals surface area contributed by atoms with Crippen molar-refractivity contribution >= 4 is 21.6 Å². The van der Waals surface area contributed by atoms with Gasteiger partial charge in [0, 0.05) is 15.7 Å². The molecular weight excluding hydrogens is 314 g/mol. The van der Waals surface area contributed by atoms with Crippen LogP contribution in [-0.2, 0) is 0 Å². The van der Waals surface area contributed by atoms with E-state index in [1.165, 1.54) is 24.8 Å². The number of hydrogen-bond acceptors (Lipinski definition) is 2. The largest absolute Gasteiger partial charge is 0.398 e. The van der Waals surface area contributed by atoms with E-state index in [2.05, 4.69) is 28.1 Å². The molecule has 0 spiro atoms. The molecule has 0 radical (unpaired) electrons. The van der Waals surface area contributed by atoms with Crippen LogP contribution in [0.3, 0.4) is 0 Å². The van der Waals surface area contributed by atoms with E-state index in [-0.39, 0.29) is 0 Å². The number of halogens is 1. The first kappa shape index (κ1) is 13.7. The zero-order chi connectivity index (χ0) is 14.1. The van der Waals surface area contributed by atoms with E-state index >= 15 is 0 Å². The molecule has 2 nitrogen and oxygen atoms in total. The number of benzene rings is 2. The van der Waals surface area contributed by atoms with Crippen LogP contribution >= 0.6 is 15.9 Å². The Labute approximate surface area is 127 Å².